The summed E-state index contributed by atoms with van der Waals surface area (Å²) in [6, 6.07) is 14.0. The maximum atomic E-state index is 13.3. The number of halogens is 1. The van der Waals surface area contributed by atoms with E-state index in [1.165, 1.54) is 21.8 Å². The Morgan fingerprint density at radius 2 is 2.00 bits per heavy atom. The number of para-hydroxylation sites is 1. The standard InChI is InChI=1S/C21H22FN3OS/c1-14(20(26)23-17-6-4-5-16(22)13-17)25-11-9-15(10-12-25)21-24-18-7-2-3-8-19(18)27-21/h2-8,13-15H,9-12H2,1H3,(H,23,26). The number of hydrogen-bond donors (Lipinski definition) is 1. The van der Waals surface area contributed by atoms with E-state index >= 15 is 0 Å². The molecule has 0 saturated carbocycles. The van der Waals surface area contributed by atoms with Gasteiger partial charge in [0.05, 0.1) is 21.3 Å². The molecule has 140 valence electrons. The van der Waals surface area contributed by atoms with Crippen molar-refractivity contribution in [1.29, 1.82) is 0 Å². The van der Waals surface area contributed by atoms with Gasteiger partial charge in [-0.25, -0.2) is 9.37 Å². The summed E-state index contributed by atoms with van der Waals surface area (Å²) in [5.41, 5.74) is 1.57. The molecule has 1 aliphatic heterocycles. The van der Waals surface area contributed by atoms with Crippen LogP contribution in [0.4, 0.5) is 10.1 Å². The van der Waals surface area contributed by atoms with Crippen LogP contribution in [0, 0.1) is 5.82 Å². The predicted octanol–water partition coefficient (Wildman–Crippen LogP) is 4.64. The van der Waals surface area contributed by atoms with E-state index in [-0.39, 0.29) is 17.8 Å². The zero-order valence-corrected chi connectivity index (χ0v) is 16.0. The number of carbonyl (C=O) groups is 1. The maximum Gasteiger partial charge on any atom is 0.241 e. The average Bonchev–Trinajstić information content (AvgIpc) is 3.12. The smallest absolute Gasteiger partial charge is 0.241 e. The van der Waals surface area contributed by atoms with Crippen LogP contribution in [0.3, 0.4) is 0 Å². The van der Waals surface area contributed by atoms with Crippen molar-refractivity contribution in [2.75, 3.05) is 18.4 Å². The van der Waals surface area contributed by atoms with Gasteiger partial charge < -0.3 is 5.32 Å². The molecule has 2 aromatic carbocycles. The SMILES string of the molecule is CC(C(=O)Nc1cccc(F)c1)N1CCC(c2nc3ccccc3s2)CC1. The highest BCUT2D eigenvalue weighted by molar-refractivity contribution is 7.18. The first-order valence-corrected chi connectivity index (χ1v) is 10.1. The van der Waals surface area contributed by atoms with Crippen molar-refractivity contribution in [3.05, 3.63) is 59.4 Å². The number of piperidine rings is 1. The number of likely N-dealkylation sites (tertiary alicyclic amines) is 1. The van der Waals surface area contributed by atoms with Crippen LogP contribution in [0.15, 0.2) is 48.5 Å². The second-order valence-electron chi connectivity index (χ2n) is 7.01. The number of fused-ring (bicyclic) bond motifs is 1. The van der Waals surface area contributed by atoms with Gasteiger partial charge in [-0.3, -0.25) is 9.69 Å². The van der Waals surface area contributed by atoms with Crippen molar-refractivity contribution in [2.45, 2.75) is 31.7 Å². The van der Waals surface area contributed by atoms with Gasteiger partial charge in [-0.2, -0.15) is 0 Å². The Morgan fingerprint density at radius 1 is 1.22 bits per heavy atom. The number of carbonyl (C=O) groups excluding carboxylic acids is 1. The molecule has 1 amide bonds. The van der Waals surface area contributed by atoms with E-state index in [2.05, 4.69) is 22.3 Å². The third-order valence-corrected chi connectivity index (χ3v) is 6.41. The van der Waals surface area contributed by atoms with Crippen molar-refractivity contribution >= 4 is 33.1 Å². The number of benzene rings is 2. The number of nitrogens with zero attached hydrogens (tertiary/aromatic N) is 2. The minimum atomic E-state index is -0.350. The Balaban J connectivity index is 1.36. The number of aromatic nitrogens is 1. The van der Waals surface area contributed by atoms with Gasteiger partial charge in [-0.1, -0.05) is 18.2 Å². The Hall–Kier alpha value is -2.31. The summed E-state index contributed by atoms with van der Waals surface area (Å²) in [5.74, 6) is 0.00766. The average molecular weight is 383 g/mol. The molecule has 1 N–H and O–H groups in total. The highest BCUT2D eigenvalue weighted by Crippen LogP contribution is 2.34. The largest absolute Gasteiger partial charge is 0.325 e. The summed E-state index contributed by atoms with van der Waals surface area (Å²) < 4.78 is 14.5. The monoisotopic (exact) mass is 383 g/mol. The lowest BCUT2D eigenvalue weighted by Gasteiger charge is -2.34. The zero-order valence-electron chi connectivity index (χ0n) is 15.2. The Morgan fingerprint density at radius 3 is 2.74 bits per heavy atom. The fourth-order valence-corrected chi connectivity index (χ4v) is 4.71. The van der Waals surface area contributed by atoms with E-state index in [9.17, 15) is 9.18 Å². The van der Waals surface area contributed by atoms with Crippen molar-refractivity contribution in [3.63, 3.8) is 0 Å². The number of anilines is 1. The molecule has 0 spiro atoms. The van der Waals surface area contributed by atoms with Gasteiger partial charge in [-0.05, 0) is 63.2 Å². The summed E-state index contributed by atoms with van der Waals surface area (Å²) in [4.78, 5) is 19.5. The number of thiazole rings is 1. The normalized spacial score (nSPS) is 17.1. The summed E-state index contributed by atoms with van der Waals surface area (Å²) in [7, 11) is 0. The van der Waals surface area contributed by atoms with E-state index < -0.39 is 0 Å². The molecule has 1 fully saturated rings. The van der Waals surface area contributed by atoms with Crippen molar-refractivity contribution in [3.8, 4) is 0 Å². The minimum absolute atomic E-state index is 0.0981. The van der Waals surface area contributed by atoms with Crippen LogP contribution in [0.1, 0.15) is 30.7 Å². The fraction of sp³-hybridized carbons (Fsp3) is 0.333. The van der Waals surface area contributed by atoms with E-state index in [0.29, 0.717) is 11.6 Å². The van der Waals surface area contributed by atoms with Gasteiger partial charge in [-0.15, -0.1) is 11.3 Å². The van der Waals surface area contributed by atoms with E-state index in [1.54, 1.807) is 23.5 Å². The van der Waals surface area contributed by atoms with Gasteiger partial charge in [0.1, 0.15) is 5.82 Å². The van der Waals surface area contributed by atoms with Gasteiger partial charge in [0.25, 0.3) is 0 Å². The molecule has 27 heavy (non-hydrogen) atoms. The van der Waals surface area contributed by atoms with Crippen molar-refractivity contribution in [1.82, 2.24) is 9.88 Å². The Bertz CT molecular complexity index is 916. The first-order chi connectivity index (χ1) is 13.1. The van der Waals surface area contributed by atoms with Crippen LogP contribution in [0.25, 0.3) is 10.2 Å². The molecule has 0 bridgehead atoms. The lowest BCUT2D eigenvalue weighted by atomic mass is 9.96. The third-order valence-electron chi connectivity index (χ3n) is 5.21. The molecular weight excluding hydrogens is 361 g/mol. The summed E-state index contributed by atoms with van der Waals surface area (Å²) >= 11 is 1.78. The molecule has 0 aliphatic carbocycles. The quantitative estimate of drug-likeness (QED) is 0.714. The van der Waals surface area contributed by atoms with Crippen LogP contribution in [0.2, 0.25) is 0 Å². The molecule has 1 saturated heterocycles. The molecule has 0 radical (unpaired) electrons. The van der Waals surface area contributed by atoms with E-state index in [0.717, 1.165) is 31.4 Å². The number of nitrogens with one attached hydrogen (secondary N) is 1. The minimum Gasteiger partial charge on any atom is -0.325 e. The Kier molecular flexibility index (Phi) is 5.18. The maximum absolute atomic E-state index is 13.3. The van der Waals surface area contributed by atoms with Crippen molar-refractivity contribution in [2.24, 2.45) is 0 Å². The van der Waals surface area contributed by atoms with Crippen LogP contribution in [0.5, 0.6) is 0 Å². The summed E-state index contributed by atoms with van der Waals surface area (Å²) in [6.07, 6.45) is 1.99. The lowest BCUT2D eigenvalue weighted by Crippen LogP contribution is -2.45. The van der Waals surface area contributed by atoms with Crippen LogP contribution in [-0.4, -0.2) is 34.9 Å². The second-order valence-corrected chi connectivity index (χ2v) is 8.07. The third kappa shape index (κ3) is 4.01. The molecule has 6 heteroatoms. The molecule has 4 rings (SSSR count). The molecule has 1 atom stereocenters. The topological polar surface area (TPSA) is 45.2 Å². The van der Waals surface area contributed by atoms with Gasteiger partial charge in [0, 0.05) is 11.6 Å². The van der Waals surface area contributed by atoms with Crippen LogP contribution < -0.4 is 5.32 Å². The highest BCUT2D eigenvalue weighted by atomic mass is 32.1. The first-order valence-electron chi connectivity index (χ1n) is 9.26. The van der Waals surface area contributed by atoms with Gasteiger partial charge >= 0.3 is 0 Å². The summed E-state index contributed by atoms with van der Waals surface area (Å²) in [5, 5.41) is 4.01. The van der Waals surface area contributed by atoms with E-state index in [4.69, 9.17) is 4.98 Å². The van der Waals surface area contributed by atoms with Gasteiger partial charge in [0.2, 0.25) is 5.91 Å². The number of hydrogen-bond acceptors (Lipinski definition) is 4. The van der Waals surface area contributed by atoms with Crippen LogP contribution in [-0.2, 0) is 4.79 Å². The fourth-order valence-electron chi connectivity index (χ4n) is 3.58. The number of amides is 1. The predicted molar refractivity (Wildman–Crippen MR) is 108 cm³/mol. The number of rotatable bonds is 4. The molecule has 2 heterocycles. The Labute approximate surface area is 162 Å². The van der Waals surface area contributed by atoms with E-state index in [1.807, 2.05) is 19.1 Å². The van der Waals surface area contributed by atoms with Gasteiger partial charge in [0.15, 0.2) is 0 Å². The molecule has 1 unspecified atom stereocenters. The molecule has 4 nitrogen and oxygen atoms in total. The lowest BCUT2D eigenvalue weighted by molar-refractivity contribution is -0.121. The molecule has 1 aromatic heterocycles. The molecule has 3 aromatic rings. The molecule has 1 aliphatic rings. The van der Waals surface area contributed by atoms with Crippen molar-refractivity contribution < 1.29 is 9.18 Å². The van der Waals surface area contributed by atoms with Crippen LogP contribution >= 0.6 is 11.3 Å². The summed E-state index contributed by atoms with van der Waals surface area (Å²) in [6.45, 7) is 3.63. The zero-order chi connectivity index (χ0) is 18.8. The highest BCUT2D eigenvalue weighted by Gasteiger charge is 2.28. The first kappa shape index (κ1) is 18.1. The molecular formula is C21H22FN3OS. The second kappa shape index (κ2) is 7.74.